The molecule has 2 atom stereocenters. The van der Waals surface area contributed by atoms with E-state index in [2.05, 4.69) is 9.97 Å². The third-order valence-electron chi connectivity index (χ3n) is 3.83. The molecule has 0 N–H and O–H groups in total. The van der Waals surface area contributed by atoms with E-state index >= 15 is 0 Å². The fraction of sp³-hybridized carbons (Fsp3) is 0.438. The molecule has 0 aromatic carbocycles. The van der Waals surface area contributed by atoms with Crippen LogP contribution in [0.4, 0.5) is 0 Å². The second-order valence-electron chi connectivity index (χ2n) is 5.44. The van der Waals surface area contributed by atoms with Crippen molar-refractivity contribution in [3.63, 3.8) is 0 Å². The Labute approximate surface area is 134 Å². The van der Waals surface area contributed by atoms with Crippen LogP contribution in [0.3, 0.4) is 0 Å². The number of aromatic nitrogens is 2. The Kier molecular flexibility index (Phi) is 4.68. The largest absolute Gasteiger partial charge is 0.479 e. The van der Waals surface area contributed by atoms with Crippen molar-refractivity contribution in [2.45, 2.75) is 31.8 Å². The lowest BCUT2D eigenvalue weighted by Crippen LogP contribution is -2.45. The van der Waals surface area contributed by atoms with Crippen LogP contribution < -0.4 is 4.74 Å². The molecule has 22 heavy (non-hydrogen) atoms. The molecule has 3 rings (SSSR count). The zero-order chi connectivity index (χ0) is 15.4. The monoisotopic (exact) mass is 317 g/mol. The van der Waals surface area contributed by atoms with Gasteiger partial charge in [0.25, 0.3) is 5.91 Å². The molecule has 0 spiro atoms. The van der Waals surface area contributed by atoms with Crippen molar-refractivity contribution in [1.82, 2.24) is 14.9 Å². The smallest absolute Gasteiger partial charge is 0.263 e. The highest BCUT2D eigenvalue weighted by Gasteiger charge is 2.29. The maximum atomic E-state index is 12.6. The van der Waals surface area contributed by atoms with Crippen molar-refractivity contribution in [3.8, 4) is 5.75 Å². The summed E-state index contributed by atoms with van der Waals surface area (Å²) in [7, 11) is 0. The SMILES string of the molecule is C[C@@H](Oc1cccnc1)C(=O)N1CCC[C@@H](c2nccs2)C1. The van der Waals surface area contributed by atoms with Crippen molar-refractivity contribution < 1.29 is 9.53 Å². The molecule has 6 heteroatoms. The third kappa shape index (κ3) is 3.44. The quantitative estimate of drug-likeness (QED) is 0.870. The minimum atomic E-state index is -0.501. The Balaban J connectivity index is 1.61. The van der Waals surface area contributed by atoms with Gasteiger partial charge in [-0.25, -0.2) is 4.98 Å². The summed E-state index contributed by atoms with van der Waals surface area (Å²) in [6, 6.07) is 3.61. The number of hydrogen-bond donors (Lipinski definition) is 0. The van der Waals surface area contributed by atoms with Crippen LogP contribution in [0.2, 0.25) is 0 Å². The van der Waals surface area contributed by atoms with E-state index < -0.39 is 6.10 Å². The molecule has 1 aliphatic heterocycles. The molecule has 0 bridgehead atoms. The van der Waals surface area contributed by atoms with Crippen molar-refractivity contribution in [2.24, 2.45) is 0 Å². The summed E-state index contributed by atoms with van der Waals surface area (Å²) >= 11 is 1.67. The van der Waals surface area contributed by atoms with Crippen LogP contribution in [-0.4, -0.2) is 40.0 Å². The van der Waals surface area contributed by atoms with Crippen molar-refractivity contribution in [2.75, 3.05) is 13.1 Å². The van der Waals surface area contributed by atoms with Gasteiger partial charge in [-0.1, -0.05) is 0 Å². The van der Waals surface area contributed by atoms with Gasteiger partial charge in [0.15, 0.2) is 6.10 Å². The molecule has 1 aliphatic rings. The van der Waals surface area contributed by atoms with Crippen LogP contribution >= 0.6 is 11.3 Å². The topological polar surface area (TPSA) is 55.3 Å². The Morgan fingerprint density at radius 3 is 3.14 bits per heavy atom. The number of piperidine rings is 1. The van der Waals surface area contributed by atoms with Gasteiger partial charge in [0.05, 0.1) is 11.2 Å². The second kappa shape index (κ2) is 6.87. The molecule has 1 amide bonds. The Bertz CT molecular complexity index is 603. The number of pyridine rings is 1. The van der Waals surface area contributed by atoms with E-state index in [0.29, 0.717) is 11.7 Å². The van der Waals surface area contributed by atoms with E-state index in [-0.39, 0.29) is 5.91 Å². The molecular weight excluding hydrogens is 298 g/mol. The molecule has 3 heterocycles. The number of thiazole rings is 1. The van der Waals surface area contributed by atoms with Crippen LogP contribution in [-0.2, 0) is 4.79 Å². The van der Waals surface area contributed by atoms with Crippen molar-refractivity contribution in [1.29, 1.82) is 0 Å². The number of likely N-dealkylation sites (tertiary alicyclic amines) is 1. The zero-order valence-corrected chi connectivity index (χ0v) is 13.3. The molecule has 0 radical (unpaired) electrons. The van der Waals surface area contributed by atoms with E-state index in [1.54, 1.807) is 36.7 Å². The molecule has 0 aliphatic carbocycles. The van der Waals surface area contributed by atoms with Crippen LogP contribution in [0.15, 0.2) is 36.1 Å². The van der Waals surface area contributed by atoms with E-state index in [9.17, 15) is 4.79 Å². The standard InChI is InChI=1S/C16H19N3O2S/c1-12(21-14-5-2-6-17-10-14)16(20)19-8-3-4-13(11-19)15-18-7-9-22-15/h2,5-7,9-10,12-13H,3-4,8,11H2,1H3/t12-,13-/m1/s1. The highest BCUT2D eigenvalue weighted by molar-refractivity contribution is 7.09. The number of ether oxygens (including phenoxy) is 1. The maximum absolute atomic E-state index is 12.6. The molecule has 1 saturated heterocycles. The molecule has 1 fully saturated rings. The van der Waals surface area contributed by atoms with Gasteiger partial charge in [-0.3, -0.25) is 9.78 Å². The molecule has 0 unspecified atom stereocenters. The van der Waals surface area contributed by atoms with E-state index in [4.69, 9.17) is 4.74 Å². The Hall–Kier alpha value is -1.95. The summed E-state index contributed by atoms with van der Waals surface area (Å²) in [5.74, 6) is 1.00. The lowest BCUT2D eigenvalue weighted by molar-refractivity contribution is -0.139. The minimum Gasteiger partial charge on any atom is -0.479 e. The summed E-state index contributed by atoms with van der Waals surface area (Å²) < 4.78 is 5.69. The maximum Gasteiger partial charge on any atom is 0.263 e. The van der Waals surface area contributed by atoms with Gasteiger partial charge in [-0.2, -0.15) is 0 Å². The first-order chi connectivity index (χ1) is 10.7. The first-order valence-electron chi connectivity index (χ1n) is 7.49. The Morgan fingerprint density at radius 1 is 1.50 bits per heavy atom. The lowest BCUT2D eigenvalue weighted by atomic mass is 9.98. The van der Waals surface area contributed by atoms with Gasteiger partial charge >= 0.3 is 0 Å². The number of nitrogens with zero attached hydrogens (tertiary/aromatic N) is 3. The average molecular weight is 317 g/mol. The summed E-state index contributed by atoms with van der Waals surface area (Å²) in [6.45, 7) is 3.32. The molecular formula is C16H19N3O2S. The predicted molar refractivity (Wildman–Crippen MR) is 85.0 cm³/mol. The fourth-order valence-electron chi connectivity index (χ4n) is 2.74. The van der Waals surface area contributed by atoms with Crippen molar-refractivity contribution >= 4 is 17.2 Å². The van der Waals surface area contributed by atoms with Crippen molar-refractivity contribution in [3.05, 3.63) is 41.1 Å². The third-order valence-corrected chi connectivity index (χ3v) is 4.77. The van der Waals surface area contributed by atoms with E-state index in [0.717, 1.165) is 30.9 Å². The summed E-state index contributed by atoms with van der Waals surface area (Å²) in [4.78, 5) is 22.9. The summed E-state index contributed by atoms with van der Waals surface area (Å²) in [5.41, 5.74) is 0. The highest BCUT2D eigenvalue weighted by Crippen LogP contribution is 2.28. The van der Waals surface area contributed by atoms with Crippen LogP contribution in [0.25, 0.3) is 0 Å². The predicted octanol–water partition coefficient (Wildman–Crippen LogP) is 2.71. The molecule has 116 valence electrons. The van der Waals surface area contributed by atoms with Gasteiger partial charge in [-0.15, -0.1) is 11.3 Å². The lowest BCUT2D eigenvalue weighted by Gasteiger charge is -2.33. The molecule has 5 nitrogen and oxygen atoms in total. The van der Waals surface area contributed by atoms with Crippen LogP contribution in [0.1, 0.15) is 30.7 Å². The number of amides is 1. The fourth-order valence-corrected chi connectivity index (χ4v) is 3.51. The first kappa shape index (κ1) is 15.0. The van der Waals surface area contributed by atoms with Gasteiger partial charge in [0, 0.05) is 36.8 Å². The first-order valence-corrected chi connectivity index (χ1v) is 8.37. The Morgan fingerprint density at radius 2 is 2.41 bits per heavy atom. The minimum absolute atomic E-state index is 0.0325. The molecule has 2 aromatic heterocycles. The van der Waals surface area contributed by atoms with E-state index in [1.165, 1.54) is 0 Å². The number of rotatable bonds is 4. The summed E-state index contributed by atoms with van der Waals surface area (Å²) in [6.07, 6.45) is 6.74. The van der Waals surface area contributed by atoms with Gasteiger partial charge in [0.1, 0.15) is 5.75 Å². The second-order valence-corrected chi connectivity index (χ2v) is 6.37. The van der Waals surface area contributed by atoms with Gasteiger partial charge in [-0.05, 0) is 31.9 Å². The van der Waals surface area contributed by atoms with Gasteiger partial charge < -0.3 is 9.64 Å². The molecule has 2 aromatic rings. The highest BCUT2D eigenvalue weighted by atomic mass is 32.1. The summed E-state index contributed by atoms with van der Waals surface area (Å²) in [5, 5.41) is 3.11. The molecule has 0 saturated carbocycles. The van der Waals surface area contributed by atoms with E-state index in [1.807, 2.05) is 22.5 Å². The van der Waals surface area contributed by atoms with Gasteiger partial charge in [0.2, 0.25) is 0 Å². The zero-order valence-electron chi connectivity index (χ0n) is 12.5. The van der Waals surface area contributed by atoms with Crippen LogP contribution in [0, 0.1) is 0 Å². The number of hydrogen-bond acceptors (Lipinski definition) is 5. The normalized spacial score (nSPS) is 19.7. The average Bonchev–Trinajstić information content (AvgIpc) is 3.10. The van der Waals surface area contributed by atoms with Crippen LogP contribution in [0.5, 0.6) is 5.75 Å². The number of carbonyl (C=O) groups excluding carboxylic acids is 1. The number of carbonyl (C=O) groups is 1.